The van der Waals surface area contributed by atoms with E-state index >= 15 is 0 Å². The molecule has 2 aromatic heterocycles. The molecule has 0 aliphatic carbocycles. The molecule has 5 heteroatoms. The van der Waals surface area contributed by atoms with E-state index < -0.39 is 0 Å². The zero-order valence-electron chi connectivity index (χ0n) is 10.4. The molecule has 0 aliphatic rings. The summed E-state index contributed by atoms with van der Waals surface area (Å²) in [6.45, 7) is 0. The zero-order chi connectivity index (χ0) is 13.5. The second-order valence-corrected chi connectivity index (χ2v) is 4.47. The summed E-state index contributed by atoms with van der Waals surface area (Å²) in [7, 11) is 0. The Morgan fingerprint density at radius 2 is 1.70 bits per heavy atom. The molecule has 4 aromatic rings. The van der Waals surface area contributed by atoms with Crippen LogP contribution in [0.1, 0.15) is 0 Å². The van der Waals surface area contributed by atoms with Crippen molar-refractivity contribution in [2.45, 2.75) is 0 Å². The third-order valence-corrected chi connectivity index (χ3v) is 3.27. The molecular weight excluding hydrogens is 255 g/mol. The lowest BCUT2D eigenvalue weighted by atomic mass is 10.2. The first-order valence-corrected chi connectivity index (χ1v) is 6.18. The van der Waals surface area contributed by atoms with Crippen LogP contribution in [0.3, 0.4) is 0 Å². The summed E-state index contributed by atoms with van der Waals surface area (Å²) >= 11 is 0. The van der Waals surface area contributed by atoms with E-state index in [0.29, 0.717) is 17.0 Å². The Balaban J connectivity index is 2.08. The van der Waals surface area contributed by atoms with Crippen LogP contribution in [0.15, 0.2) is 54.7 Å². The predicted molar refractivity (Wildman–Crippen MR) is 73.7 cm³/mol. The maximum Gasteiger partial charge on any atom is 0.188 e. The highest BCUT2D eigenvalue weighted by molar-refractivity contribution is 5.93. The normalized spacial score (nSPS) is 11.2. The molecule has 0 N–H and O–H groups in total. The fraction of sp³-hybridized carbons (Fsp3) is 0. The van der Waals surface area contributed by atoms with Gasteiger partial charge in [0.25, 0.3) is 0 Å². The molecule has 0 radical (unpaired) electrons. The molecule has 0 saturated heterocycles. The first kappa shape index (κ1) is 11.0. The van der Waals surface area contributed by atoms with Gasteiger partial charge in [-0.25, -0.2) is 4.39 Å². The van der Waals surface area contributed by atoms with Crippen molar-refractivity contribution in [1.29, 1.82) is 0 Å². The van der Waals surface area contributed by atoms with Crippen LogP contribution in [-0.2, 0) is 0 Å². The van der Waals surface area contributed by atoms with Crippen LogP contribution in [0.25, 0.3) is 27.8 Å². The molecule has 0 atom stereocenters. The maximum absolute atomic E-state index is 13.9. The van der Waals surface area contributed by atoms with Gasteiger partial charge in [0.05, 0.1) is 11.8 Å². The van der Waals surface area contributed by atoms with Crippen molar-refractivity contribution in [1.82, 2.24) is 19.8 Å². The summed E-state index contributed by atoms with van der Waals surface area (Å²) in [5.41, 5.74) is 1.02. The third kappa shape index (κ3) is 1.50. The third-order valence-electron chi connectivity index (χ3n) is 3.27. The minimum absolute atomic E-state index is 0.336. The fourth-order valence-corrected chi connectivity index (χ4v) is 2.30. The molecule has 2 aromatic carbocycles. The molecule has 0 aliphatic heterocycles. The molecular formula is C15H9FN4. The van der Waals surface area contributed by atoms with Gasteiger partial charge in [-0.2, -0.15) is 9.61 Å². The average Bonchev–Trinajstić information content (AvgIpc) is 2.92. The van der Waals surface area contributed by atoms with Gasteiger partial charge < -0.3 is 0 Å². The van der Waals surface area contributed by atoms with Crippen molar-refractivity contribution in [2.75, 3.05) is 0 Å². The second-order valence-electron chi connectivity index (χ2n) is 4.47. The Morgan fingerprint density at radius 1 is 0.900 bits per heavy atom. The van der Waals surface area contributed by atoms with E-state index in [1.165, 1.54) is 6.07 Å². The van der Waals surface area contributed by atoms with E-state index in [2.05, 4.69) is 15.3 Å². The lowest BCUT2D eigenvalue weighted by Gasteiger charge is -2.02. The first-order valence-electron chi connectivity index (χ1n) is 6.18. The van der Waals surface area contributed by atoms with Crippen molar-refractivity contribution >= 4 is 16.4 Å². The van der Waals surface area contributed by atoms with E-state index in [-0.39, 0.29) is 5.82 Å². The molecule has 0 spiro atoms. The van der Waals surface area contributed by atoms with Crippen molar-refractivity contribution in [3.8, 4) is 11.4 Å². The topological polar surface area (TPSA) is 43.1 Å². The lowest BCUT2D eigenvalue weighted by Crippen LogP contribution is -1.96. The van der Waals surface area contributed by atoms with Crippen molar-refractivity contribution in [3.63, 3.8) is 0 Å². The summed E-state index contributed by atoms with van der Waals surface area (Å²) in [5.74, 6) is 0.0700. The Labute approximate surface area is 113 Å². The second kappa shape index (κ2) is 4.09. The number of rotatable bonds is 1. The van der Waals surface area contributed by atoms with Crippen LogP contribution >= 0.6 is 0 Å². The van der Waals surface area contributed by atoms with Gasteiger partial charge in [0.1, 0.15) is 5.82 Å². The highest BCUT2D eigenvalue weighted by Gasteiger charge is 2.14. The number of nitrogens with zero attached hydrogens (tertiary/aromatic N) is 4. The zero-order valence-corrected chi connectivity index (χ0v) is 10.4. The van der Waals surface area contributed by atoms with Gasteiger partial charge >= 0.3 is 0 Å². The molecule has 0 unspecified atom stereocenters. The van der Waals surface area contributed by atoms with Gasteiger partial charge in [-0.3, -0.25) is 0 Å². The van der Waals surface area contributed by atoms with Gasteiger partial charge in [0.15, 0.2) is 11.5 Å². The van der Waals surface area contributed by atoms with Crippen LogP contribution in [-0.4, -0.2) is 19.8 Å². The SMILES string of the molecule is Fc1ccccc1-c1nnc2c3ccccc3cnn12. The summed E-state index contributed by atoms with van der Waals surface area (Å²) in [5, 5.41) is 14.5. The van der Waals surface area contributed by atoms with E-state index in [1.807, 2.05) is 24.3 Å². The predicted octanol–water partition coefficient (Wildman–Crippen LogP) is 3.08. The number of hydrogen-bond acceptors (Lipinski definition) is 3. The molecule has 20 heavy (non-hydrogen) atoms. The van der Waals surface area contributed by atoms with Crippen LogP contribution in [0.5, 0.6) is 0 Å². The summed E-state index contributed by atoms with van der Waals surface area (Å²) in [6, 6.07) is 14.3. The Hall–Kier alpha value is -2.82. The first-order chi connectivity index (χ1) is 9.84. The average molecular weight is 264 g/mol. The molecule has 96 valence electrons. The maximum atomic E-state index is 13.9. The van der Waals surface area contributed by atoms with E-state index in [0.717, 1.165) is 10.8 Å². The molecule has 0 fully saturated rings. The van der Waals surface area contributed by atoms with Gasteiger partial charge in [-0.15, -0.1) is 10.2 Å². The summed E-state index contributed by atoms with van der Waals surface area (Å²) < 4.78 is 15.5. The smallest absolute Gasteiger partial charge is 0.188 e. The van der Waals surface area contributed by atoms with Crippen molar-refractivity contribution in [2.24, 2.45) is 0 Å². The molecule has 2 heterocycles. The van der Waals surface area contributed by atoms with Crippen LogP contribution in [0.4, 0.5) is 4.39 Å². The summed E-state index contributed by atoms with van der Waals surface area (Å²) in [4.78, 5) is 0. The standard InChI is InChI=1S/C15H9FN4/c16-13-8-4-3-7-12(13)15-19-18-14-11-6-2-1-5-10(11)9-17-20(14)15/h1-9H. The number of benzene rings is 2. The van der Waals surface area contributed by atoms with Crippen LogP contribution < -0.4 is 0 Å². The fourth-order valence-electron chi connectivity index (χ4n) is 2.30. The van der Waals surface area contributed by atoms with Gasteiger partial charge in [-0.1, -0.05) is 36.4 Å². The van der Waals surface area contributed by atoms with Gasteiger partial charge in [-0.05, 0) is 12.1 Å². The minimum atomic E-state index is -0.336. The Bertz CT molecular complexity index is 929. The van der Waals surface area contributed by atoms with E-state index in [9.17, 15) is 4.39 Å². The lowest BCUT2D eigenvalue weighted by molar-refractivity contribution is 0.629. The number of aromatic nitrogens is 4. The highest BCUT2D eigenvalue weighted by atomic mass is 19.1. The van der Waals surface area contributed by atoms with E-state index in [4.69, 9.17) is 0 Å². The monoisotopic (exact) mass is 264 g/mol. The minimum Gasteiger partial charge on any atom is -0.206 e. The number of hydrogen-bond donors (Lipinski definition) is 0. The summed E-state index contributed by atoms with van der Waals surface area (Å²) in [6.07, 6.45) is 1.73. The Kier molecular flexibility index (Phi) is 2.26. The van der Waals surface area contributed by atoms with Crippen molar-refractivity contribution < 1.29 is 4.39 Å². The van der Waals surface area contributed by atoms with Gasteiger partial charge in [0, 0.05) is 10.8 Å². The largest absolute Gasteiger partial charge is 0.206 e. The molecule has 4 nitrogen and oxygen atoms in total. The van der Waals surface area contributed by atoms with Crippen LogP contribution in [0, 0.1) is 5.82 Å². The van der Waals surface area contributed by atoms with Crippen molar-refractivity contribution in [3.05, 3.63) is 60.5 Å². The molecule has 4 rings (SSSR count). The molecule has 0 bridgehead atoms. The molecule has 0 saturated carbocycles. The highest BCUT2D eigenvalue weighted by Crippen LogP contribution is 2.24. The van der Waals surface area contributed by atoms with Crippen LogP contribution in [0.2, 0.25) is 0 Å². The molecule has 0 amide bonds. The quantitative estimate of drug-likeness (QED) is 0.530. The number of fused-ring (bicyclic) bond motifs is 3. The van der Waals surface area contributed by atoms with E-state index in [1.54, 1.807) is 28.9 Å². The van der Waals surface area contributed by atoms with Gasteiger partial charge in [0.2, 0.25) is 0 Å². The number of halogens is 1. The Morgan fingerprint density at radius 3 is 2.60 bits per heavy atom.